The molecule has 0 aromatic heterocycles. The molecule has 2 bridgehead atoms. The SMILES string of the molecule is CCOC(=O)C1C2CCC(C2)C1C(=O)O. The van der Waals surface area contributed by atoms with E-state index >= 15 is 0 Å². The second-order valence-electron chi connectivity index (χ2n) is 4.48. The Morgan fingerprint density at radius 1 is 1.27 bits per heavy atom. The lowest BCUT2D eigenvalue weighted by molar-refractivity contribution is -0.159. The molecule has 4 heteroatoms. The van der Waals surface area contributed by atoms with Gasteiger partial charge in [0.2, 0.25) is 0 Å². The van der Waals surface area contributed by atoms with Crippen molar-refractivity contribution >= 4 is 11.9 Å². The molecular weight excluding hydrogens is 196 g/mol. The van der Waals surface area contributed by atoms with Crippen LogP contribution >= 0.6 is 0 Å². The highest BCUT2D eigenvalue weighted by Gasteiger charge is 2.54. The quantitative estimate of drug-likeness (QED) is 0.716. The van der Waals surface area contributed by atoms with Crippen LogP contribution in [0.4, 0.5) is 0 Å². The molecule has 0 aromatic rings. The predicted molar refractivity (Wildman–Crippen MR) is 52.1 cm³/mol. The van der Waals surface area contributed by atoms with E-state index in [2.05, 4.69) is 0 Å². The second kappa shape index (κ2) is 3.83. The van der Waals surface area contributed by atoms with Crippen molar-refractivity contribution in [1.29, 1.82) is 0 Å². The molecule has 4 nitrogen and oxygen atoms in total. The summed E-state index contributed by atoms with van der Waals surface area (Å²) in [5, 5.41) is 9.12. The first kappa shape index (κ1) is 10.5. The van der Waals surface area contributed by atoms with Gasteiger partial charge in [-0.15, -0.1) is 0 Å². The van der Waals surface area contributed by atoms with Gasteiger partial charge in [0.1, 0.15) is 0 Å². The molecule has 0 radical (unpaired) electrons. The van der Waals surface area contributed by atoms with Gasteiger partial charge < -0.3 is 9.84 Å². The topological polar surface area (TPSA) is 63.6 Å². The first-order valence-electron chi connectivity index (χ1n) is 5.54. The molecule has 2 aliphatic carbocycles. The summed E-state index contributed by atoms with van der Waals surface area (Å²) in [7, 11) is 0. The van der Waals surface area contributed by atoms with Crippen LogP contribution in [0.1, 0.15) is 26.2 Å². The molecule has 2 saturated carbocycles. The molecule has 0 heterocycles. The van der Waals surface area contributed by atoms with Crippen LogP contribution in [0.5, 0.6) is 0 Å². The summed E-state index contributed by atoms with van der Waals surface area (Å²) in [5.41, 5.74) is 0. The van der Waals surface area contributed by atoms with Crippen molar-refractivity contribution in [2.75, 3.05) is 6.61 Å². The Kier molecular flexibility index (Phi) is 2.67. The lowest BCUT2D eigenvalue weighted by Crippen LogP contribution is -2.35. The fraction of sp³-hybridized carbons (Fsp3) is 0.818. The molecule has 84 valence electrons. The number of carboxylic acid groups (broad SMARTS) is 1. The average Bonchev–Trinajstić information content (AvgIpc) is 2.76. The minimum atomic E-state index is -0.833. The standard InChI is InChI=1S/C11H16O4/c1-2-15-11(14)9-7-4-3-6(5-7)8(9)10(12)13/h6-9H,2-5H2,1H3,(H,12,13). The van der Waals surface area contributed by atoms with Crippen molar-refractivity contribution in [3.63, 3.8) is 0 Å². The Balaban J connectivity index is 2.14. The zero-order valence-corrected chi connectivity index (χ0v) is 8.81. The predicted octanol–water partition coefficient (Wildman–Crippen LogP) is 1.30. The van der Waals surface area contributed by atoms with E-state index in [1.807, 2.05) is 0 Å². The number of rotatable bonds is 3. The van der Waals surface area contributed by atoms with Gasteiger partial charge in [-0.1, -0.05) is 0 Å². The van der Waals surface area contributed by atoms with E-state index in [1.165, 1.54) is 0 Å². The van der Waals surface area contributed by atoms with Crippen molar-refractivity contribution in [2.45, 2.75) is 26.2 Å². The van der Waals surface area contributed by atoms with Gasteiger partial charge in [-0.25, -0.2) is 0 Å². The van der Waals surface area contributed by atoms with Crippen LogP contribution in [-0.4, -0.2) is 23.7 Å². The first-order valence-corrected chi connectivity index (χ1v) is 5.54. The van der Waals surface area contributed by atoms with Gasteiger partial charge >= 0.3 is 11.9 Å². The Morgan fingerprint density at radius 3 is 2.40 bits per heavy atom. The van der Waals surface area contributed by atoms with Crippen LogP contribution in [0, 0.1) is 23.7 Å². The third-order valence-corrected chi connectivity index (χ3v) is 3.76. The molecule has 4 unspecified atom stereocenters. The van der Waals surface area contributed by atoms with Crippen molar-refractivity contribution in [1.82, 2.24) is 0 Å². The van der Waals surface area contributed by atoms with E-state index in [9.17, 15) is 9.59 Å². The number of hydrogen-bond acceptors (Lipinski definition) is 3. The number of carbonyl (C=O) groups excluding carboxylic acids is 1. The van der Waals surface area contributed by atoms with E-state index in [-0.39, 0.29) is 23.7 Å². The maximum absolute atomic E-state index is 11.7. The summed E-state index contributed by atoms with van der Waals surface area (Å²) in [6.07, 6.45) is 2.83. The van der Waals surface area contributed by atoms with Gasteiger partial charge in [0.15, 0.2) is 0 Å². The fourth-order valence-electron chi connectivity index (χ4n) is 3.22. The van der Waals surface area contributed by atoms with Gasteiger partial charge in [-0.05, 0) is 38.0 Å². The molecule has 4 atom stereocenters. The number of ether oxygens (including phenoxy) is 1. The van der Waals surface area contributed by atoms with Gasteiger partial charge in [0.25, 0.3) is 0 Å². The van der Waals surface area contributed by atoms with Gasteiger partial charge in [0.05, 0.1) is 18.4 Å². The molecule has 0 amide bonds. The molecular formula is C11H16O4. The minimum absolute atomic E-state index is 0.196. The van der Waals surface area contributed by atoms with E-state index in [1.54, 1.807) is 6.92 Å². The van der Waals surface area contributed by atoms with E-state index in [0.29, 0.717) is 6.61 Å². The summed E-state index contributed by atoms with van der Waals surface area (Å²) >= 11 is 0. The van der Waals surface area contributed by atoms with E-state index in [0.717, 1.165) is 19.3 Å². The molecule has 2 aliphatic rings. The number of carbonyl (C=O) groups is 2. The lowest BCUT2D eigenvalue weighted by Gasteiger charge is -2.25. The Labute approximate surface area is 88.6 Å². The van der Waals surface area contributed by atoms with Gasteiger partial charge in [-0.3, -0.25) is 9.59 Å². The maximum atomic E-state index is 11.7. The molecule has 2 fully saturated rings. The molecule has 0 saturated heterocycles. The molecule has 1 N–H and O–H groups in total. The summed E-state index contributed by atoms with van der Waals surface area (Å²) in [6, 6.07) is 0. The fourth-order valence-corrected chi connectivity index (χ4v) is 3.22. The van der Waals surface area contributed by atoms with Crippen molar-refractivity contribution in [3.05, 3.63) is 0 Å². The maximum Gasteiger partial charge on any atom is 0.310 e. The highest BCUT2D eigenvalue weighted by Crippen LogP contribution is 2.52. The highest BCUT2D eigenvalue weighted by molar-refractivity contribution is 5.82. The monoisotopic (exact) mass is 212 g/mol. The Hall–Kier alpha value is -1.06. The molecule has 15 heavy (non-hydrogen) atoms. The van der Waals surface area contributed by atoms with Gasteiger partial charge in [-0.2, -0.15) is 0 Å². The number of hydrogen-bond donors (Lipinski definition) is 1. The van der Waals surface area contributed by atoms with Crippen LogP contribution in [0.3, 0.4) is 0 Å². The van der Waals surface area contributed by atoms with Gasteiger partial charge in [0, 0.05) is 0 Å². The van der Waals surface area contributed by atoms with Crippen LogP contribution < -0.4 is 0 Å². The summed E-state index contributed by atoms with van der Waals surface area (Å²) in [5.74, 6) is -1.58. The molecule has 0 aromatic carbocycles. The number of aliphatic carboxylic acids is 1. The van der Waals surface area contributed by atoms with Crippen molar-refractivity contribution < 1.29 is 19.4 Å². The van der Waals surface area contributed by atoms with Crippen LogP contribution in [-0.2, 0) is 14.3 Å². The minimum Gasteiger partial charge on any atom is -0.481 e. The van der Waals surface area contributed by atoms with Crippen LogP contribution in [0.15, 0.2) is 0 Å². The number of fused-ring (bicyclic) bond motifs is 2. The van der Waals surface area contributed by atoms with Crippen molar-refractivity contribution in [3.8, 4) is 0 Å². The molecule has 2 rings (SSSR count). The Morgan fingerprint density at radius 2 is 1.87 bits per heavy atom. The van der Waals surface area contributed by atoms with E-state index < -0.39 is 11.9 Å². The number of carboxylic acids is 1. The molecule has 0 spiro atoms. The zero-order valence-electron chi connectivity index (χ0n) is 8.81. The third kappa shape index (κ3) is 1.62. The highest BCUT2D eigenvalue weighted by atomic mass is 16.5. The third-order valence-electron chi connectivity index (χ3n) is 3.76. The normalized spacial score (nSPS) is 37.9. The zero-order chi connectivity index (χ0) is 11.0. The summed E-state index contributed by atoms with van der Waals surface area (Å²) in [6.45, 7) is 2.08. The largest absolute Gasteiger partial charge is 0.481 e. The Bertz CT molecular complexity index is 286. The second-order valence-corrected chi connectivity index (χ2v) is 4.48. The summed E-state index contributed by atoms with van der Waals surface area (Å²) in [4.78, 5) is 22.8. The summed E-state index contributed by atoms with van der Waals surface area (Å²) < 4.78 is 4.96. The average molecular weight is 212 g/mol. The smallest absolute Gasteiger partial charge is 0.310 e. The van der Waals surface area contributed by atoms with E-state index in [4.69, 9.17) is 9.84 Å². The molecule has 0 aliphatic heterocycles. The van der Waals surface area contributed by atoms with Crippen LogP contribution in [0.25, 0.3) is 0 Å². The first-order chi connectivity index (χ1) is 7.15. The lowest BCUT2D eigenvalue weighted by atomic mass is 9.79. The van der Waals surface area contributed by atoms with Crippen LogP contribution in [0.2, 0.25) is 0 Å². The van der Waals surface area contributed by atoms with Crippen molar-refractivity contribution in [2.24, 2.45) is 23.7 Å². The number of esters is 1.